The molecule has 4 aromatic carbocycles. The van der Waals surface area contributed by atoms with Gasteiger partial charge in [0.15, 0.2) is 0 Å². The number of hydrogen-bond donors (Lipinski definition) is 1. The van der Waals surface area contributed by atoms with Crippen LogP contribution in [0, 0.1) is 11.3 Å². The first-order valence-electron chi connectivity index (χ1n) is 11.3. The van der Waals surface area contributed by atoms with Gasteiger partial charge < -0.3 is 5.32 Å². The lowest BCUT2D eigenvalue weighted by molar-refractivity contribution is -0.113. The number of pyridine rings is 1. The van der Waals surface area contributed by atoms with Crippen LogP contribution >= 0.6 is 23.4 Å². The Labute approximate surface area is 218 Å². The van der Waals surface area contributed by atoms with Crippen LogP contribution in [-0.4, -0.2) is 16.6 Å². The highest BCUT2D eigenvalue weighted by atomic mass is 35.5. The van der Waals surface area contributed by atoms with E-state index in [-0.39, 0.29) is 11.7 Å². The van der Waals surface area contributed by atoms with Crippen LogP contribution in [0.4, 0.5) is 5.69 Å². The first kappa shape index (κ1) is 23.6. The molecule has 0 aliphatic heterocycles. The number of hydrogen-bond acceptors (Lipinski definition) is 4. The highest BCUT2D eigenvalue weighted by Gasteiger charge is 2.17. The van der Waals surface area contributed by atoms with Gasteiger partial charge in [-0.1, -0.05) is 102 Å². The zero-order valence-electron chi connectivity index (χ0n) is 19.1. The Morgan fingerprint density at radius 3 is 2.39 bits per heavy atom. The first-order valence-corrected chi connectivity index (χ1v) is 12.7. The van der Waals surface area contributed by atoms with Gasteiger partial charge in [-0.05, 0) is 35.2 Å². The molecule has 1 heterocycles. The Balaban J connectivity index is 1.47. The molecule has 0 bridgehead atoms. The van der Waals surface area contributed by atoms with Gasteiger partial charge in [-0.3, -0.25) is 4.79 Å². The Morgan fingerprint density at radius 2 is 1.61 bits per heavy atom. The molecule has 1 aromatic heterocycles. The molecule has 0 fully saturated rings. The average Bonchev–Trinajstić information content (AvgIpc) is 2.92. The van der Waals surface area contributed by atoms with Crippen LogP contribution in [-0.2, 0) is 4.79 Å². The zero-order chi connectivity index (χ0) is 24.9. The summed E-state index contributed by atoms with van der Waals surface area (Å²) in [7, 11) is 0. The minimum atomic E-state index is -0.166. The Bertz CT molecular complexity index is 1590. The van der Waals surface area contributed by atoms with Crippen molar-refractivity contribution in [1.82, 2.24) is 4.98 Å². The molecule has 0 aliphatic carbocycles. The van der Waals surface area contributed by atoms with Crippen LogP contribution in [0.1, 0.15) is 5.56 Å². The molecule has 0 radical (unpaired) electrons. The number of nitrogens with one attached hydrogen (secondary N) is 1. The largest absolute Gasteiger partial charge is 0.325 e. The van der Waals surface area contributed by atoms with Crippen molar-refractivity contribution in [1.29, 1.82) is 5.26 Å². The fourth-order valence-corrected chi connectivity index (χ4v) is 4.93. The summed E-state index contributed by atoms with van der Waals surface area (Å²) in [6, 6.07) is 35.1. The van der Waals surface area contributed by atoms with Crippen molar-refractivity contribution >= 4 is 45.7 Å². The van der Waals surface area contributed by atoms with E-state index in [0.29, 0.717) is 15.6 Å². The van der Waals surface area contributed by atoms with E-state index in [9.17, 15) is 10.1 Å². The van der Waals surface area contributed by atoms with Gasteiger partial charge in [-0.2, -0.15) is 5.26 Å². The van der Waals surface area contributed by atoms with Crippen molar-refractivity contribution in [3.63, 3.8) is 0 Å². The fourth-order valence-electron chi connectivity index (χ4n) is 4.00. The number of amides is 1. The van der Waals surface area contributed by atoms with Crippen LogP contribution < -0.4 is 5.32 Å². The normalized spacial score (nSPS) is 10.7. The second kappa shape index (κ2) is 10.7. The topological polar surface area (TPSA) is 65.8 Å². The van der Waals surface area contributed by atoms with Gasteiger partial charge in [0.2, 0.25) is 5.91 Å². The summed E-state index contributed by atoms with van der Waals surface area (Å²) in [5.41, 5.74) is 4.46. The number of aromatic nitrogens is 1. The van der Waals surface area contributed by atoms with Crippen LogP contribution in [0.25, 0.3) is 33.2 Å². The maximum absolute atomic E-state index is 12.9. The minimum Gasteiger partial charge on any atom is -0.325 e. The summed E-state index contributed by atoms with van der Waals surface area (Å²) < 4.78 is 0. The lowest BCUT2D eigenvalue weighted by Crippen LogP contribution is -2.14. The number of halogens is 1. The van der Waals surface area contributed by atoms with E-state index < -0.39 is 0 Å². The number of nitrogens with zero attached hydrogens (tertiary/aromatic N) is 2. The second-order valence-electron chi connectivity index (χ2n) is 8.08. The van der Waals surface area contributed by atoms with Gasteiger partial charge in [0.25, 0.3) is 0 Å². The van der Waals surface area contributed by atoms with E-state index in [0.717, 1.165) is 38.8 Å². The van der Waals surface area contributed by atoms with Gasteiger partial charge in [0, 0.05) is 27.2 Å². The van der Waals surface area contributed by atoms with Crippen molar-refractivity contribution in [2.45, 2.75) is 5.03 Å². The molecule has 0 saturated carbocycles. The summed E-state index contributed by atoms with van der Waals surface area (Å²) in [6.45, 7) is 0. The maximum atomic E-state index is 12.9. The Hall–Kier alpha value is -4.11. The van der Waals surface area contributed by atoms with Gasteiger partial charge in [-0.15, -0.1) is 0 Å². The monoisotopic (exact) mass is 505 g/mol. The molecule has 0 unspecified atom stereocenters. The van der Waals surface area contributed by atoms with E-state index in [2.05, 4.69) is 11.4 Å². The molecule has 6 heteroatoms. The highest BCUT2D eigenvalue weighted by molar-refractivity contribution is 8.00. The van der Waals surface area contributed by atoms with Crippen molar-refractivity contribution in [2.75, 3.05) is 11.1 Å². The van der Waals surface area contributed by atoms with Gasteiger partial charge >= 0.3 is 0 Å². The number of carbonyl (C=O) groups excluding carboxylic acids is 1. The van der Waals surface area contributed by atoms with Crippen molar-refractivity contribution in [2.24, 2.45) is 0 Å². The third kappa shape index (κ3) is 5.11. The number of benzene rings is 4. The minimum absolute atomic E-state index is 0.114. The van der Waals surface area contributed by atoms with Crippen molar-refractivity contribution in [3.8, 4) is 28.5 Å². The predicted octanol–water partition coefficient (Wildman–Crippen LogP) is 7.82. The fraction of sp³-hybridized carbons (Fsp3) is 0.0333. The second-order valence-corrected chi connectivity index (χ2v) is 9.48. The standard InChI is InChI=1S/C30H20ClN3OS/c31-23-15-13-21(14-16-23)25-17-28(22-8-2-1-3-9-22)34-30(26(25)18-32)36-19-29(35)33-27-12-6-10-20-7-4-5-11-24(20)27/h1-17H,19H2,(H,33,35). The number of rotatable bonds is 6. The summed E-state index contributed by atoms with van der Waals surface area (Å²) in [5, 5.41) is 16.2. The number of fused-ring (bicyclic) bond motifs is 1. The summed E-state index contributed by atoms with van der Waals surface area (Å²) in [4.78, 5) is 17.7. The van der Waals surface area contributed by atoms with E-state index in [4.69, 9.17) is 16.6 Å². The van der Waals surface area contributed by atoms with Crippen LogP contribution in [0.5, 0.6) is 0 Å². The Morgan fingerprint density at radius 1 is 0.889 bits per heavy atom. The molecule has 5 aromatic rings. The van der Waals surface area contributed by atoms with Gasteiger partial charge in [-0.25, -0.2) is 4.98 Å². The lowest BCUT2D eigenvalue weighted by Gasteiger charge is -2.13. The molecule has 5 rings (SSSR count). The SMILES string of the molecule is N#Cc1c(-c2ccc(Cl)cc2)cc(-c2ccccc2)nc1SCC(=O)Nc1cccc2ccccc12. The third-order valence-corrected chi connectivity index (χ3v) is 6.95. The number of nitriles is 1. The Kier molecular flexibility index (Phi) is 6.99. The predicted molar refractivity (Wildman–Crippen MR) is 148 cm³/mol. The molecule has 36 heavy (non-hydrogen) atoms. The summed E-state index contributed by atoms with van der Waals surface area (Å²) in [5.74, 6) is -0.0522. The van der Waals surface area contributed by atoms with Crippen LogP contribution in [0.3, 0.4) is 0 Å². The summed E-state index contributed by atoms with van der Waals surface area (Å²) >= 11 is 7.35. The quantitative estimate of drug-likeness (QED) is 0.239. The average molecular weight is 506 g/mol. The molecule has 0 atom stereocenters. The van der Waals surface area contributed by atoms with Crippen LogP contribution in [0.15, 0.2) is 108 Å². The smallest absolute Gasteiger partial charge is 0.234 e. The maximum Gasteiger partial charge on any atom is 0.234 e. The van der Waals surface area contributed by atoms with Crippen LogP contribution in [0.2, 0.25) is 5.02 Å². The van der Waals surface area contributed by atoms with E-state index in [1.54, 1.807) is 12.1 Å². The van der Waals surface area contributed by atoms with E-state index >= 15 is 0 Å². The number of anilines is 1. The first-order chi connectivity index (χ1) is 17.6. The molecule has 1 N–H and O–H groups in total. The molecule has 174 valence electrons. The molecule has 0 aliphatic rings. The molecule has 4 nitrogen and oxygen atoms in total. The molecule has 1 amide bonds. The number of thioether (sulfide) groups is 1. The lowest BCUT2D eigenvalue weighted by atomic mass is 9.99. The molecular weight excluding hydrogens is 486 g/mol. The van der Waals surface area contributed by atoms with Gasteiger partial charge in [0.1, 0.15) is 11.1 Å². The van der Waals surface area contributed by atoms with Crippen molar-refractivity contribution < 1.29 is 4.79 Å². The highest BCUT2D eigenvalue weighted by Crippen LogP contribution is 2.35. The third-order valence-electron chi connectivity index (χ3n) is 5.73. The van der Waals surface area contributed by atoms with Gasteiger partial charge in [0.05, 0.1) is 17.0 Å². The van der Waals surface area contributed by atoms with Crippen molar-refractivity contribution in [3.05, 3.63) is 114 Å². The van der Waals surface area contributed by atoms with E-state index in [1.807, 2.05) is 91.0 Å². The summed E-state index contributed by atoms with van der Waals surface area (Å²) in [6.07, 6.45) is 0. The molecular formula is C30H20ClN3OS. The number of carbonyl (C=O) groups is 1. The molecule has 0 spiro atoms. The molecule has 0 saturated heterocycles. The zero-order valence-corrected chi connectivity index (χ0v) is 20.7. The van der Waals surface area contributed by atoms with E-state index in [1.165, 1.54) is 11.8 Å².